The molecule has 1 N–H and O–H groups in total. The number of Topliss-reactive ketones (excluding diaryl/α,β-unsaturated/α-hetero) is 1. The van der Waals surface area contributed by atoms with Crippen molar-refractivity contribution in [2.24, 2.45) is 0 Å². The summed E-state index contributed by atoms with van der Waals surface area (Å²) in [6.45, 7) is 1.75. The molecule has 3 atom stereocenters. The van der Waals surface area contributed by atoms with E-state index in [0.29, 0.717) is 5.56 Å². The second-order valence-electron chi connectivity index (χ2n) is 6.49. The van der Waals surface area contributed by atoms with Crippen LogP contribution in [0.15, 0.2) is 36.5 Å². The Hall–Kier alpha value is -1.85. The molecular weight excluding hydrogens is 348 g/mol. The molecule has 0 spiro atoms. The Morgan fingerprint density at radius 3 is 2.96 bits per heavy atom. The lowest BCUT2D eigenvalue weighted by Crippen LogP contribution is -2.37. The largest absolute Gasteiger partial charge is 0.387 e. The molecule has 25 heavy (non-hydrogen) atoms. The highest BCUT2D eigenvalue weighted by Crippen LogP contribution is 2.44. The first-order chi connectivity index (χ1) is 11.8. The van der Waals surface area contributed by atoms with E-state index in [1.807, 2.05) is 0 Å². The Kier molecular flexibility index (Phi) is 4.89. The fraction of sp³-hybridized carbons (Fsp3) is 0.368. The smallest absolute Gasteiger partial charge is 0.195 e. The van der Waals surface area contributed by atoms with Crippen LogP contribution in [0.5, 0.6) is 0 Å². The van der Waals surface area contributed by atoms with Crippen LogP contribution in [0.2, 0.25) is 5.02 Å². The Balaban J connectivity index is 1.87. The van der Waals surface area contributed by atoms with Gasteiger partial charge in [0.15, 0.2) is 11.5 Å². The van der Waals surface area contributed by atoms with Gasteiger partial charge in [0.05, 0.1) is 11.8 Å². The number of aromatic nitrogens is 1. The first kappa shape index (κ1) is 18.0. The van der Waals surface area contributed by atoms with Crippen molar-refractivity contribution in [2.45, 2.75) is 43.9 Å². The van der Waals surface area contributed by atoms with Gasteiger partial charge in [0.2, 0.25) is 0 Å². The third-order valence-corrected chi connectivity index (χ3v) is 5.10. The minimum atomic E-state index is -2.18. The number of pyridine rings is 1. The lowest BCUT2D eigenvalue weighted by molar-refractivity contribution is -0.133. The molecule has 0 aliphatic heterocycles. The number of fused-ring (bicyclic) bond motifs is 1. The molecule has 0 fully saturated rings. The topological polar surface area (TPSA) is 50.2 Å². The maximum Gasteiger partial charge on any atom is 0.195 e. The van der Waals surface area contributed by atoms with Gasteiger partial charge in [0, 0.05) is 23.2 Å². The number of aliphatic hydroxyl groups is 1. The average Bonchev–Trinajstić information content (AvgIpc) is 2.58. The van der Waals surface area contributed by atoms with Crippen LogP contribution < -0.4 is 0 Å². The summed E-state index contributed by atoms with van der Waals surface area (Å²) in [4.78, 5) is 16.8. The van der Waals surface area contributed by atoms with E-state index >= 15 is 4.39 Å². The summed E-state index contributed by atoms with van der Waals surface area (Å²) in [6.07, 6.45) is 0.579. The first-order valence-electron chi connectivity index (χ1n) is 8.13. The molecule has 0 radical (unpaired) electrons. The SMILES string of the molecule is C[C@@H](CC(=O)[C@]1(F)CC[C@H](O)c2ncccc21)c1ccc(F)cc1Cl. The van der Waals surface area contributed by atoms with E-state index in [1.54, 1.807) is 13.0 Å². The summed E-state index contributed by atoms with van der Waals surface area (Å²) < 4.78 is 28.8. The molecular formula is C19H18ClF2NO2. The predicted molar refractivity (Wildman–Crippen MR) is 90.7 cm³/mol. The number of ketones is 1. The molecule has 0 saturated heterocycles. The van der Waals surface area contributed by atoms with E-state index in [9.17, 15) is 14.3 Å². The number of carbonyl (C=O) groups excluding carboxylic acids is 1. The fourth-order valence-electron chi connectivity index (χ4n) is 3.37. The second-order valence-corrected chi connectivity index (χ2v) is 6.89. The molecule has 1 heterocycles. The molecule has 6 heteroatoms. The van der Waals surface area contributed by atoms with Crippen LogP contribution in [0.1, 0.15) is 55.0 Å². The number of carbonyl (C=O) groups is 1. The molecule has 1 aliphatic rings. The highest BCUT2D eigenvalue weighted by atomic mass is 35.5. The number of aliphatic hydroxyl groups excluding tert-OH is 1. The number of benzene rings is 1. The van der Waals surface area contributed by atoms with Crippen molar-refractivity contribution in [3.05, 3.63) is 64.2 Å². The van der Waals surface area contributed by atoms with Crippen molar-refractivity contribution >= 4 is 17.4 Å². The predicted octanol–water partition coefficient (Wildman–Crippen LogP) is 4.63. The summed E-state index contributed by atoms with van der Waals surface area (Å²) in [7, 11) is 0. The maximum atomic E-state index is 15.6. The average molecular weight is 366 g/mol. The number of rotatable bonds is 4. The quantitative estimate of drug-likeness (QED) is 0.859. The number of halogens is 3. The zero-order valence-corrected chi connectivity index (χ0v) is 14.4. The van der Waals surface area contributed by atoms with Crippen LogP contribution in [0.4, 0.5) is 8.78 Å². The van der Waals surface area contributed by atoms with Crippen molar-refractivity contribution in [3.8, 4) is 0 Å². The van der Waals surface area contributed by atoms with Crippen molar-refractivity contribution in [3.63, 3.8) is 0 Å². The van der Waals surface area contributed by atoms with Crippen LogP contribution >= 0.6 is 11.6 Å². The van der Waals surface area contributed by atoms with Gasteiger partial charge < -0.3 is 5.11 Å². The molecule has 0 bridgehead atoms. The summed E-state index contributed by atoms with van der Waals surface area (Å²) in [5.74, 6) is -1.41. The van der Waals surface area contributed by atoms with Gasteiger partial charge in [0.1, 0.15) is 5.82 Å². The van der Waals surface area contributed by atoms with E-state index in [-0.39, 0.29) is 41.5 Å². The number of hydrogen-bond donors (Lipinski definition) is 1. The third kappa shape index (κ3) is 3.31. The van der Waals surface area contributed by atoms with Crippen LogP contribution in [-0.2, 0) is 10.5 Å². The van der Waals surface area contributed by atoms with Crippen molar-refractivity contribution < 1.29 is 18.7 Å². The Morgan fingerprint density at radius 2 is 2.24 bits per heavy atom. The summed E-state index contributed by atoms with van der Waals surface area (Å²) >= 11 is 6.04. The van der Waals surface area contributed by atoms with E-state index in [2.05, 4.69) is 4.98 Å². The Labute approximate surface area is 149 Å². The van der Waals surface area contributed by atoms with Gasteiger partial charge in [-0.15, -0.1) is 0 Å². The van der Waals surface area contributed by atoms with E-state index in [4.69, 9.17) is 11.6 Å². The van der Waals surface area contributed by atoms with E-state index in [1.165, 1.54) is 30.5 Å². The first-order valence-corrected chi connectivity index (χ1v) is 8.51. The molecule has 0 saturated carbocycles. The molecule has 1 aromatic carbocycles. The lowest BCUT2D eigenvalue weighted by Gasteiger charge is -2.33. The zero-order chi connectivity index (χ0) is 18.2. The molecule has 132 valence electrons. The molecule has 0 unspecified atom stereocenters. The minimum absolute atomic E-state index is 0.0771. The summed E-state index contributed by atoms with van der Waals surface area (Å²) in [6, 6.07) is 7.01. The highest BCUT2D eigenvalue weighted by Gasteiger charge is 2.46. The monoisotopic (exact) mass is 365 g/mol. The van der Waals surface area contributed by atoms with Crippen LogP contribution in [-0.4, -0.2) is 15.9 Å². The summed E-state index contributed by atoms with van der Waals surface area (Å²) in [5.41, 5.74) is -1.22. The number of hydrogen-bond acceptors (Lipinski definition) is 3. The van der Waals surface area contributed by atoms with Crippen LogP contribution in [0.3, 0.4) is 0 Å². The van der Waals surface area contributed by atoms with Gasteiger partial charge in [-0.3, -0.25) is 9.78 Å². The van der Waals surface area contributed by atoms with Crippen molar-refractivity contribution in [2.75, 3.05) is 0 Å². The lowest BCUT2D eigenvalue weighted by atomic mass is 9.76. The normalized spacial score (nSPS) is 23.8. The number of alkyl halides is 1. The van der Waals surface area contributed by atoms with Crippen LogP contribution in [0, 0.1) is 5.82 Å². The van der Waals surface area contributed by atoms with Gasteiger partial charge in [-0.25, -0.2) is 8.78 Å². The molecule has 3 rings (SSSR count). The minimum Gasteiger partial charge on any atom is -0.387 e. The second kappa shape index (κ2) is 6.81. The van der Waals surface area contributed by atoms with Crippen LogP contribution in [0.25, 0.3) is 0 Å². The van der Waals surface area contributed by atoms with Crippen molar-refractivity contribution in [1.29, 1.82) is 0 Å². The molecule has 3 nitrogen and oxygen atoms in total. The third-order valence-electron chi connectivity index (χ3n) is 4.77. The highest BCUT2D eigenvalue weighted by molar-refractivity contribution is 6.31. The standard InChI is InChI=1S/C19H18ClF2NO2/c1-11(13-5-4-12(21)10-15(13)20)9-17(25)19(22)7-6-16(24)18-14(19)3-2-8-23-18/h2-5,8,10-11,16,24H,6-7,9H2,1H3/t11-,16-,19-/m0/s1. The zero-order valence-electron chi connectivity index (χ0n) is 13.7. The summed E-state index contributed by atoms with van der Waals surface area (Å²) in [5, 5.41) is 10.2. The van der Waals surface area contributed by atoms with Gasteiger partial charge >= 0.3 is 0 Å². The van der Waals surface area contributed by atoms with Gasteiger partial charge in [0.25, 0.3) is 0 Å². The van der Waals surface area contributed by atoms with E-state index in [0.717, 1.165) is 0 Å². The Bertz CT molecular complexity index is 814. The van der Waals surface area contributed by atoms with Crippen molar-refractivity contribution in [1.82, 2.24) is 4.98 Å². The fourth-order valence-corrected chi connectivity index (χ4v) is 3.72. The maximum absolute atomic E-state index is 15.6. The molecule has 2 aromatic rings. The van der Waals surface area contributed by atoms with Gasteiger partial charge in [-0.1, -0.05) is 30.7 Å². The van der Waals surface area contributed by atoms with Gasteiger partial charge in [-0.2, -0.15) is 0 Å². The Morgan fingerprint density at radius 1 is 1.48 bits per heavy atom. The number of nitrogens with zero attached hydrogens (tertiary/aromatic N) is 1. The molecule has 1 aliphatic carbocycles. The molecule has 1 aromatic heterocycles. The van der Waals surface area contributed by atoms with E-state index < -0.39 is 23.4 Å². The molecule has 0 amide bonds. The van der Waals surface area contributed by atoms with Gasteiger partial charge in [-0.05, 0) is 42.5 Å².